The van der Waals surface area contributed by atoms with Crippen molar-refractivity contribution in [1.29, 1.82) is 0 Å². The molecular weight excluding hydrogens is 613 g/mol. The molecule has 0 aliphatic rings. The van der Waals surface area contributed by atoms with Crippen molar-refractivity contribution in [1.82, 2.24) is 29.9 Å². The Bertz CT molecular complexity index is 2150. The fourth-order valence-corrected chi connectivity index (χ4v) is 5.92. The highest BCUT2D eigenvalue weighted by Gasteiger charge is 2.16. The molecule has 8 aromatic rings. The van der Waals surface area contributed by atoms with Crippen LogP contribution in [0.1, 0.15) is 5.56 Å². The van der Waals surface area contributed by atoms with Crippen LogP contribution in [0.4, 0.5) is 0 Å². The number of hydrogen-bond donors (Lipinski definition) is 0. The standard InChI is InChI=1S/C44H30N6/c1-2-30-15-17-31(18-16-30)44-49-42(36-25-32(38-11-3-7-19-45-38)23-33(26-36)39-12-4-8-20-46-39)29-43(50-44)37-27-34(40-13-5-9-21-47-40)24-35(28-37)41-14-6-10-22-48-41/h2-29H,1H2. The van der Waals surface area contributed by atoms with E-state index in [2.05, 4.69) is 69.0 Å². The Labute approximate surface area is 290 Å². The first kappa shape index (κ1) is 30.4. The summed E-state index contributed by atoms with van der Waals surface area (Å²) in [7, 11) is 0. The van der Waals surface area contributed by atoms with Gasteiger partial charge in [0.05, 0.1) is 34.2 Å². The predicted molar refractivity (Wildman–Crippen MR) is 201 cm³/mol. The summed E-state index contributed by atoms with van der Waals surface area (Å²) in [5.74, 6) is 0.610. The Morgan fingerprint density at radius 3 is 0.980 bits per heavy atom. The zero-order chi connectivity index (χ0) is 33.7. The number of benzene rings is 3. The third kappa shape index (κ3) is 6.46. The van der Waals surface area contributed by atoms with Gasteiger partial charge in [-0.3, -0.25) is 19.9 Å². The maximum absolute atomic E-state index is 5.18. The number of nitrogens with zero attached hydrogens (tertiary/aromatic N) is 6. The molecule has 0 aliphatic carbocycles. The molecule has 6 heteroatoms. The minimum atomic E-state index is 0.610. The summed E-state index contributed by atoms with van der Waals surface area (Å²) < 4.78 is 0. The summed E-state index contributed by atoms with van der Waals surface area (Å²) in [6.45, 7) is 3.92. The molecule has 3 aromatic carbocycles. The van der Waals surface area contributed by atoms with Gasteiger partial charge in [0.25, 0.3) is 0 Å². The number of hydrogen-bond acceptors (Lipinski definition) is 6. The third-order valence-electron chi connectivity index (χ3n) is 8.43. The van der Waals surface area contributed by atoms with Crippen molar-refractivity contribution in [3.05, 3.63) is 176 Å². The van der Waals surface area contributed by atoms with Crippen molar-refractivity contribution in [3.8, 4) is 78.9 Å². The van der Waals surface area contributed by atoms with E-state index in [0.29, 0.717) is 5.82 Å². The van der Waals surface area contributed by atoms with Crippen molar-refractivity contribution in [3.63, 3.8) is 0 Å². The number of pyridine rings is 4. The van der Waals surface area contributed by atoms with Crippen LogP contribution in [0.25, 0.3) is 85.0 Å². The van der Waals surface area contributed by atoms with E-state index in [0.717, 1.165) is 78.7 Å². The molecule has 0 radical (unpaired) electrons. The molecule has 0 spiro atoms. The molecule has 0 unspecified atom stereocenters. The summed E-state index contributed by atoms with van der Waals surface area (Å²) >= 11 is 0. The van der Waals surface area contributed by atoms with Gasteiger partial charge in [-0.25, -0.2) is 9.97 Å². The molecule has 0 saturated heterocycles. The fourth-order valence-electron chi connectivity index (χ4n) is 5.92. The Balaban J connectivity index is 1.37. The van der Waals surface area contributed by atoms with E-state index in [1.165, 1.54) is 0 Å². The van der Waals surface area contributed by atoms with Crippen LogP contribution in [-0.4, -0.2) is 29.9 Å². The summed E-state index contributed by atoms with van der Waals surface area (Å²) in [6, 6.07) is 46.7. The van der Waals surface area contributed by atoms with Gasteiger partial charge < -0.3 is 0 Å². The second kappa shape index (κ2) is 13.7. The Hall–Kier alpha value is -6.92. The monoisotopic (exact) mass is 642 g/mol. The highest BCUT2D eigenvalue weighted by atomic mass is 14.9. The molecule has 0 fully saturated rings. The first-order valence-electron chi connectivity index (χ1n) is 16.3. The third-order valence-corrected chi connectivity index (χ3v) is 8.43. The number of aromatic nitrogens is 6. The lowest BCUT2D eigenvalue weighted by atomic mass is 9.96. The molecule has 0 bridgehead atoms. The van der Waals surface area contributed by atoms with Crippen molar-refractivity contribution in [2.45, 2.75) is 0 Å². The van der Waals surface area contributed by atoms with Crippen LogP contribution < -0.4 is 0 Å². The molecule has 50 heavy (non-hydrogen) atoms. The van der Waals surface area contributed by atoms with Gasteiger partial charge in [-0.15, -0.1) is 0 Å². The molecule has 236 valence electrons. The molecule has 5 aromatic heterocycles. The maximum Gasteiger partial charge on any atom is 0.160 e. The second-order valence-corrected chi connectivity index (χ2v) is 11.7. The van der Waals surface area contributed by atoms with Crippen LogP contribution in [0.2, 0.25) is 0 Å². The van der Waals surface area contributed by atoms with E-state index >= 15 is 0 Å². The predicted octanol–water partition coefficient (Wildman–Crippen LogP) is 10.4. The molecule has 0 atom stereocenters. The normalized spacial score (nSPS) is 10.9. The minimum absolute atomic E-state index is 0.610. The van der Waals surface area contributed by atoms with Crippen LogP contribution in [0.3, 0.4) is 0 Å². The first-order valence-corrected chi connectivity index (χ1v) is 16.3. The largest absolute Gasteiger partial charge is 0.256 e. The van der Waals surface area contributed by atoms with Crippen LogP contribution in [0.15, 0.2) is 171 Å². The van der Waals surface area contributed by atoms with Gasteiger partial charge >= 0.3 is 0 Å². The van der Waals surface area contributed by atoms with E-state index < -0.39 is 0 Å². The van der Waals surface area contributed by atoms with Crippen LogP contribution in [0, 0.1) is 0 Å². The summed E-state index contributed by atoms with van der Waals surface area (Å²) in [5.41, 5.74) is 12.6. The molecule has 8 rings (SSSR count). The molecule has 0 N–H and O–H groups in total. The van der Waals surface area contributed by atoms with Crippen molar-refractivity contribution in [2.75, 3.05) is 0 Å². The van der Waals surface area contributed by atoms with Crippen LogP contribution in [-0.2, 0) is 0 Å². The molecule has 0 saturated carbocycles. The zero-order valence-corrected chi connectivity index (χ0v) is 27.1. The zero-order valence-electron chi connectivity index (χ0n) is 27.1. The van der Waals surface area contributed by atoms with E-state index in [1.54, 1.807) is 0 Å². The average molecular weight is 643 g/mol. The van der Waals surface area contributed by atoms with Gasteiger partial charge in [0.2, 0.25) is 0 Å². The van der Waals surface area contributed by atoms with Gasteiger partial charge in [-0.05, 0) is 96.6 Å². The second-order valence-electron chi connectivity index (χ2n) is 11.7. The Morgan fingerprint density at radius 1 is 0.340 bits per heavy atom. The van der Waals surface area contributed by atoms with Crippen molar-refractivity contribution < 1.29 is 0 Å². The quantitative estimate of drug-likeness (QED) is 0.164. The summed E-state index contributed by atoms with van der Waals surface area (Å²) in [6.07, 6.45) is 9.07. The minimum Gasteiger partial charge on any atom is -0.256 e. The molecule has 0 amide bonds. The lowest BCUT2D eigenvalue weighted by Gasteiger charge is -2.14. The number of rotatable bonds is 8. The van der Waals surface area contributed by atoms with E-state index in [9.17, 15) is 0 Å². The van der Waals surface area contributed by atoms with E-state index in [1.807, 2.05) is 128 Å². The van der Waals surface area contributed by atoms with E-state index in [4.69, 9.17) is 9.97 Å². The van der Waals surface area contributed by atoms with Gasteiger partial charge in [0, 0.05) is 63.7 Å². The summed E-state index contributed by atoms with van der Waals surface area (Å²) in [4.78, 5) is 29.0. The van der Waals surface area contributed by atoms with E-state index in [-0.39, 0.29) is 0 Å². The lowest BCUT2D eigenvalue weighted by Crippen LogP contribution is -1.98. The molecule has 6 nitrogen and oxygen atoms in total. The van der Waals surface area contributed by atoms with Crippen molar-refractivity contribution >= 4 is 6.08 Å². The Morgan fingerprint density at radius 2 is 0.680 bits per heavy atom. The van der Waals surface area contributed by atoms with Crippen molar-refractivity contribution in [2.24, 2.45) is 0 Å². The van der Waals surface area contributed by atoms with Crippen LogP contribution >= 0.6 is 0 Å². The highest BCUT2D eigenvalue weighted by Crippen LogP contribution is 2.36. The van der Waals surface area contributed by atoms with Gasteiger partial charge in [0.1, 0.15) is 0 Å². The molecule has 5 heterocycles. The Kier molecular flexibility index (Phi) is 8.31. The SMILES string of the molecule is C=Cc1ccc(-c2nc(-c3cc(-c4ccccn4)cc(-c4ccccn4)c3)cc(-c3cc(-c4ccccn4)cc(-c4ccccn4)c3)n2)cc1. The first-order chi connectivity index (χ1) is 24.7. The smallest absolute Gasteiger partial charge is 0.160 e. The van der Waals surface area contributed by atoms with Gasteiger partial charge in [0.15, 0.2) is 5.82 Å². The van der Waals surface area contributed by atoms with Gasteiger partial charge in [-0.2, -0.15) is 0 Å². The topological polar surface area (TPSA) is 77.3 Å². The molecule has 0 aliphatic heterocycles. The van der Waals surface area contributed by atoms with Crippen LogP contribution in [0.5, 0.6) is 0 Å². The molecular formula is C44H30N6. The summed E-state index contributed by atoms with van der Waals surface area (Å²) in [5, 5.41) is 0. The highest BCUT2D eigenvalue weighted by molar-refractivity contribution is 5.83. The average Bonchev–Trinajstić information content (AvgIpc) is 3.21. The fraction of sp³-hybridized carbons (Fsp3) is 0. The lowest BCUT2D eigenvalue weighted by molar-refractivity contribution is 1.18. The van der Waals surface area contributed by atoms with Gasteiger partial charge in [-0.1, -0.05) is 61.2 Å². The maximum atomic E-state index is 5.18.